The van der Waals surface area contributed by atoms with Gasteiger partial charge in [-0.25, -0.2) is 8.42 Å². The molecule has 0 aliphatic rings. The van der Waals surface area contributed by atoms with E-state index < -0.39 is 38.7 Å². The third-order valence-electron chi connectivity index (χ3n) is 4.01. The molecule has 0 radical (unpaired) electrons. The first-order valence-electron chi connectivity index (χ1n) is 8.64. The van der Waals surface area contributed by atoms with Gasteiger partial charge in [0.1, 0.15) is 6.04 Å². The van der Waals surface area contributed by atoms with Crippen molar-refractivity contribution in [2.45, 2.75) is 57.2 Å². The molecule has 1 atom stereocenters. The normalized spacial score (nSPS) is 12.8. The summed E-state index contributed by atoms with van der Waals surface area (Å²) in [5, 5.41) is 1.96. The van der Waals surface area contributed by atoms with Crippen LogP contribution < -0.4 is 11.1 Å². The average Bonchev–Trinajstić information content (AvgIpc) is 2.54. The molecule has 0 bridgehead atoms. The highest BCUT2D eigenvalue weighted by Gasteiger charge is 2.30. The van der Waals surface area contributed by atoms with Crippen molar-refractivity contribution in [2.75, 3.05) is 5.75 Å². The first-order chi connectivity index (χ1) is 11.8. The maximum Gasteiger partial charge on any atom is 0.241 e. The minimum absolute atomic E-state index is 0.0675. The second kappa shape index (κ2) is 10.2. The molecule has 7 heteroatoms. The van der Waals surface area contributed by atoms with E-state index in [1.165, 1.54) is 0 Å². The van der Waals surface area contributed by atoms with Gasteiger partial charge in [0, 0.05) is 0 Å². The van der Waals surface area contributed by atoms with Crippen LogP contribution in [0, 0.1) is 0 Å². The molecule has 0 aliphatic carbocycles. The minimum Gasteiger partial charge on any atom is -0.368 e. The number of primary amides is 1. The van der Waals surface area contributed by atoms with Gasteiger partial charge in [0.15, 0.2) is 9.84 Å². The fraction of sp³-hybridized carbons (Fsp3) is 0.556. The van der Waals surface area contributed by atoms with Gasteiger partial charge in [-0.1, -0.05) is 57.0 Å². The molecule has 0 heterocycles. The van der Waals surface area contributed by atoms with Crippen LogP contribution in [0.2, 0.25) is 0 Å². The fourth-order valence-corrected chi connectivity index (χ4v) is 4.91. The summed E-state index contributed by atoms with van der Waals surface area (Å²) in [7, 11) is -3.52. The lowest BCUT2D eigenvalue weighted by Crippen LogP contribution is -2.50. The lowest BCUT2D eigenvalue weighted by atomic mass is 10.1. The molecule has 140 valence electrons. The number of rotatable bonds is 11. The van der Waals surface area contributed by atoms with Crippen molar-refractivity contribution in [3.8, 4) is 0 Å². The SMILES string of the molecule is CCCC(CCC)S(=O)(=O)CC(NC(=O)Cc1ccccc1)C(N)=O. The molecule has 0 spiro atoms. The first kappa shape index (κ1) is 21.2. The fourth-order valence-electron chi connectivity index (χ4n) is 2.74. The zero-order valence-electron chi connectivity index (χ0n) is 14.9. The second-order valence-electron chi connectivity index (χ2n) is 6.21. The van der Waals surface area contributed by atoms with Gasteiger partial charge in [-0.15, -0.1) is 0 Å². The third kappa shape index (κ3) is 7.25. The summed E-state index contributed by atoms with van der Waals surface area (Å²) >= 11 is 0. The van der Waals surface area contributed by atoms with Crippen LogP contribution in [0.5, 0.6) is 0 Å². The maximum atomic E-state index is 12.6. The Morgan fingerprint density at radius 3 is 2.12 bits per heavy atom. The summed E-state index contributed by atoms with van der Waals surface area (Å²) < 4.78 is 25.2. The van der Waals surface area contributed by atoms with Gasteiger partial charge in [0.05, 0.1) is 17.4 Å². The molecule has 2 amide bonds. The Kier molecular flexibility index (Phi) is 8.61. The minimum atomic E-state index is -3.52. The van der Waals surface area contributed by atoms with Crippen LogP contribution in [0.1, 0.15) is 45.1 Å². The predicted molar refractivity (Wildman–Crippen MR) is 98.7 cm³/mol. The predicted octanol–water partition coefficient (Wildman–Crippen LogP) is 1.58. The van der Waals surface area contributed by atoms with Crippen molar-refractivity contribution in [3.05, 3.63) is 35.9 Å². The number of nitrogens with two attached hydrogens (primary N) is 1. The van der Waals surface area contributed by atoms with Crippen LogP contribution in [-0.2, 0) is 25.8 Å². The number of carbonyl (C=O) groups is 2. The molecule has 0 saturated heterocycles. The maximum absolute atomic E-state index is 12.6. The van der Waals surface area contributed by atoms with Gasteiger partial charge in [0.2, 0.25) is 11.8 Å². The van der Waals surface area contributed by atoms with Crippen LogP contribution in [0.25, 0.3) is 0 Å². The summed E-state index contributed by atoms with van der Waals surface area (Å²) in [5.74, 6) is -1.71. The lowest BCUT2D eigenvalue weighted by Gasteiger charge is -2.21. The summed E-state index contributed by atoms with van der Waals surface area (Å²) in [4.78, 5) is 23.8. The largest absolute Gasteiger partial charge is 0.368 e. The molecule has 1 aromatic rings. The standard InChI is InChI=1S/C18H28N2O4S/c1-3-8-15(9-4-2)25(23,24)13-16(18(19)22)20-17(21)12-14-10-6-5-7-11-14/h5-7,10-11,15-16H,3-4,8-9,12-13H2,1-2H3,(H2,19,22)(H,20,21). The molecule has 1 aromatic carbocycles. The van der Waals surface area contributed by atoms with Gasteiger partial charge in [-0.2, -0.15) is 0 Å². The highest BCUT2D eigenvalue weighted by molar-refractivity contribution is 7.92. The number of amides is 2. The van der Waals surface area contributed by atoms with E-state index in [4.69, 9.17) is 5.73 Å². The molecule has 0 saturated carbocycles. The number of hydrogen-bond donors (Lipinski definition) is 2. The van der Waals surface area contributed by atoms with E-state index in [2.05, 4.69) is 5.32 Å². The smallest absolute Gasteiger partial charge is 0.241 e. The molecule has 1 rings (SSSR count). The van der Waals surface area contributed by atoms with Crippen LogP contribution in [0.4, 0.5) is 0 Å². The summed E-state index contributed by atoms with van der Waals surface area (Å²) in [5.41, 5.74) is 6.09. The van der Waals surface area contributed by atoms with Crippen LogP contribution in [-0.4, -0.2) is 37.3 Å². The second-order valence-corrected chi connectivity index (χ2v) is 8.54. The van der Waals surface area contributed by atoms with Crippen molar-refractivity contribution in [2.24, 2.45) is 5.73 Å². The Balaban J connectivity index is 2.78. The highest BCUT2D eigenvalue weighted by atomic mass is 32.2. The van der Waals surface area contributed by atoms with E-state index in [-0.39, 0.29) is 6.42 Å². The van der Waals surface area contributed by atoms with E-state index in [0.717, 1.165) is 18.4 Å². The van der Waals surface area contributed by atoms with Gasteiger partial charge < -0.3 is 11.1 Å². The van der Waals surface area contributed by atoms with Crippen molar-refractivity contribution in [1.29, 1.82) is 0 Å². The van der Waals surface area contributed by atoms with Gasteiger partial charge in [-0.3, -0.25) is 9.59 Å². The summed E-state index contributed by atoms with van der Waals surface area (Å²) in [6.45, 7) is 3.84. The number of hydrogen-bond acceptors (Lipinski definition) is 4. The van der Waals surface area contributed by atoms with Crippen LogP contribution in [0.3, 0.4) is 0 Å². The zero-order chi connectivity index (χ0) is 18.9. The first-order valence-corrected chi connectivity index (χ1v) is 10.4. The van der Waals surface area contributed by atoms with E-state index in [9.17, 15) is 18.0 Å². The topological polar surface area (TPSA) is 106 Å². The Morgan fingerprint density at radius 2 is 1.64 bits per heavy atom. The Labute approximate surface area is 150 Å². The van der Waals surface area contributed by atoms with Gasteiger partial charge in [0.25, 0.3) is 0 Å². The van der Waals surface area contributed by atoms with Crippen molar-refractivity contribution in [3.63, 3.8) is 0 Å². The average molecular weight is 368 g/mol. The van der Waals surface area contributed by atoms with Crippen molar-refractivity contribution in [1.82, 2.24) is 5.32 Å². The molecule has 0 aromatic heterocycles. The molecule has 3 N–H and O–H groups in total. The number of benzene rings is 1. The monoisotopic (exact) mass is 368 g/mol. The number of nitrogens with one attached hydrogen (secondary N) is 1. The molecular weight excluding hydrogens is 340 g/mol. The zero-order valence-corrected chi connectivity index (χ0v) is 15.7. The van der Waals surface area contributed by atoms with E-state index in [0.29, 0.717) is 12.8 Å². The lowest BCUT2D eigenvalue weighted by molar-refractivity contribution is -0.126. The van der Waals surface area contributed by atoms with Crippen molar-refractivity contribution < 1.29 is 18.0 Å². The quantitative estimate of drug-likeness (QED) is 0.618. The van der Waals surface area contributed by atoms with Crippen LogP contribution >= 0.6 is 0 Å². The molecular formula is C18H28N2O4S. The van der Waals surface area contributed by atoms with Gasteiger partial charge >= 0.3 is 0 Å². The van der Waals surface area contributed by atoms with Crippen molar-refractivity contribution >= 4 is 21.7 Å². The van der Waals surface area contributed by atoms with E-state index in [1.54, 1.807) is 24.3 Å². The van der Waals surface area contributed by atoms with Crippen LogP contribution in [0.15, 0.2) is 30.3 Å². The molecule has 6 nitrogen and oxygen atoms in total. The number of carbonyl (C=O) groups excluding carboxylic acids is 2. The molecule has 0 aliphatic heterocycles. The van der Waals surface area contributed by atoms with Gasteiger partial charge in [-0.05, 0) is 18.4 Å². The Morgan fingerprint density at radius 1 is 1.08 bits per heavy atom. The van der Waals surface area contributed by atoms with E-state index in [1.807, 2.05) is 19.9 Å². The number of sulfone groups is 1. The Hall–Kier alpha value is -1.89. The third-order valence-corrected chi connectivity index (χ3v) is 6.30. The molecule has 0 fully saturated rings. The molecule has 25 heavy (non-hydrogen) atoms. The highest BCUT2D eigenvalue weighted by Crippen LogP contribution is 2.16. The summed E-state index contributed by atoms with van der Waals surface area (Å²) in [6.07, 6.45) is 2.63. The summed E-state index contributed by atoms with van der Waals surface area (Å²) in [6, 6.07) is 7.80. The Bertz CT molecular complexity index is 653. The van der Waals surface area contributed by atoms with E-state index >= 15 is 0 Å². The molecule has 1 unspecified atom stereocenters.